The highest BCUT2D eigenvalue weighted by atomic mass is 79.9. The Hall–Kier alpha value is -3.25. The zero-order valence-corrected chi connectivity index (χ0v) is 18.9. The highest BCUT2D eigenvalue weighted by Crippen LogP contribution is 2.31. The van der Waals surface area contributed by atoms with Gasteiger partial charge in [-0.05, 0) is 28.8 Å². The molecular weight excluding hydrogens is 472 g/mol. The smallest absolute Gasteiger partial charge is 0.321 e. The molecule has 1 atom stereocenters. The normalized spacial score (nSPS) is 11.6. The largest absolute Gasteiger partial charge is 0.460 e. The van der Waals surface area contributed by atoms with E-state index in [-0.39, 0.29) is 19.6 Å². The van der Waals surface area contributed by atoms with Crippen molar-refractivity contribution in [3.63, 3.8) is 0 Å². The molecule has 5 nitrogen and oxygen atoms in total. The Balaban J connectivity index is 1.83. The van der Waals surface area contributed by atoms with Gasteiger partial charge in [0.15, 0.2) is 5.92 Å². The van der Waals surface area contributed by atoms with Gasteiger partial charge in [0, 0.05) is 16.8 Å². The minimum absolute atomic E-state index is 0.0207. The van der Waals surface area contributed by atoms with E-state index in [9.17, 15) is 14.4 Å². The zero-order chi connectivity index (χ0) is 22.8. The van der Waals surface area contributed by atoms with Gasteiger partial charge in [0.25, 0.3) is 0 Å². The first-order chi connectivity index (χ1) is 15.6. The molecule has 0 aliphatic rings. The number of hydrogen-bond donors (Lipinski definition) is 0. The lowest BCUT2D eigenvalue weighted by atomic mass is 9.83. The Morgan fingerprint density at radius 1 is 0.750 bits per heavy atom. The highest BCUT2D eigenvalue weighted by Gasteiger charge is 2.38. The van der Waals surface area contributed by atoms with Crippen LogP contribution in [0.15, 0.2) is 89.4 Å². The van der Waals surface area contributed by atoms with Gasteiger partial charge in [-0.2, -0.15) is 0 Å². The average molecular weight is 495 g/mol. The van der Waals surface area contributed by atoms with Crippen LogP contribution in [0.1, 0.15) is 29.0 Å². The van der Waals surface area contributed by atoms with Crippen molar-refractivity contribution in [1.29, 1.82) is 0 Å². The second-order valence-electron chi connectivity index (χ2n) is 7.22. The molecule has 0 saturated heterocycles. The Morgan fingerprint density at radius 3 is 1.66 bits per heavy atom. The second kappa shape index (κ2) is 12.0. The maximum absolute atomic E-state index is 13.1. The van der Waals surface area contributed by atoms with Gasteiger partial charge in [-0.15, -0.1) is 0 Å². The van der Waals surface area contributed by atoms with Gasteiger partial charge in [-0.25, -0.2) is 0 Å². The number of carbonyl (C=O) groups is 3. The van der Waals surface area contributed by atoms with Crippen LogP contribution in [0, 0.1) is 5.92 Å². The molecule has 32 heavy (non-hydrogen) atoms. The third-order valence-electron chi connectivity index (χ3n) is 5.01. The molecular formula is C26H23BrO5. The van der Waals surface area contributed by atoms with Crippen LogP contribution < -0.4 is 0 Å². The second-order valence-corrected chi connectivity index (χ2v) is 8.14. The lowest BCUT2D eigenvalue weighted by Gasteiger charge is -2.23. The first-order valence-corrected chi connectivity index (χ1v) is 11.0. The summed E-state index contributed by atoms with van der Waals surface area (Å²) in [6.07, 6.45) is 0.682. The van der Waals surface area contributed by atoms with E-state index >= 15 is 0 Å². The van der Waals surface area contributed by atoms with Crippen LogP contribution in [0.2, 0.25) is 0 Å². The monoisotopic (exact) mass is 494 g/mol. The van der Waals surface area contributed by atoms with E-state index in [1.165, 1.54) is 0 Å². The predicted octanol–water partition coefficient (Wildman–Crippen LogP) is 5.22. The van der Waals surface area contributed by atoms with Crippen LogP contribution in [0.5, 0.6) is 0 Å². The summed E-state index contributed by atoms with van der Waals surface area (Å²) in [5, 5.41) is 0. The summed E-state index contributed by atoms with van der Waals surface area (Å²) in [5.74, 6) is -3.41. The molecule has 0 saturated carbocycles. The maximum atomic E-state index is 13.1. The molecule has 0 aromatic heterocycles. The quantitative estimate of drug-likeness (QED) is 0.219. The Kier molecular flexibility index (Phi) is 8.75. The molecule has 3 aromatic rings. The molecule has 0 bridgehead atoms. The van der Waals surface area contributed by atoms with Crippen molar-refractivity contribution < 1.29 is 23.9 Å². The van der Waals surface area contributed by atoms with E-state index in [1.54, 1.807) is 24.3 Å². The zero-order valence-electron chi connectivity index (χ0n) is 17.4. The first kappa shape index (κ1) is 23.4. The number of esters is 2. The molecule has 0 fully saturated rings. The molecule has 0 heterocycles. The standard InChI is InChI=1S/C26H23BrO5/c27-22-13-11-21(12-14-22)23(15-16-28)24(25(29)31-17-19-7-3-1-4-8-19)26(30)32-18-20-9-5-2-6-10-20/h1-14,16,23-24H,15,17-18H2/t23-/m0/s1. The van der Waals surface area contributed by atoms with E-state index in [0.717, 1.165) is 15.6 Å². The number of hydrogen-bond acceptors (Lipinski definition) is 5. The molecule has 3 aromatic carbocycles. The van der Waals surface area contributed by atoms with E-state index in [2.05, 4.69) is 15.9 Å². The van der Waals surface area contributed by atoms with Gasteiger partial charge in [0.05, 0.1) is 0 Å². The molecule has 0 spiro atoms. The summed E-state index contributed by atoms with van der Waals surface area (Å²) in [6, 6.07) is 25.5. The van der Waals surface area contributed by atoms with Crippen molar-refractivity contribution in [2.75, 3.05) is 0 Å². The van der Waals surface area contributed by atoms with Crippen molar-refractivity contribution in [3.8, 4) is 0 Å². The summed E-state index contributed by atoms with van der Waals surface area (Å²) in [6.45, 7) is 0.0482. The Morgan fingerprint density at radius 2 is 1.22 bits per heavy atom. The van der Waals surface area contributed by atoms with Crippen molar-refractivity contribution in [1.82, 2.24) is 0 Å². The van der Waals surface area contributed by atoms with Gasteiger partial charge < -0.3 is 14.3 Å². The first-order valence-electron chi connectivity index (χ1n) is 10.2. The summed E-state index contributed by atoms with van der Waals surface area (Å²) in [4.78, 5) is 37.6. The number of ether oxygens (including phenoxy) is 2. The SMILES string of the molecule is O=CC[C@@H](c1ccc(Br)cc1)C(C(=O)OCc1ccccc1)C(=O)OCc1ccccc1. The molecule has 0 aliphatic carbocycles. The number of benzene rings is 3. The maximum Gasteiger partial charge on any atom is 0.321 e. The van der Waals surface area contributed by atoms with Gasteiger partial charge in [0.1, 0.15) is 19.5 Å². The molecule has 0 amide bonds. The molecule has 0 unspecified atom stereocenters. The van der Waals surface area contributed by atoms with Crippen LogP contribution in [-0.2, 0) is 37.1 Å². The summed E-state index contributed by atoms with van der Waals surface area (Å²) < 4.78 is 11.8. The van der Waals surface area contributed by atoms with Crippen molar-refractivity contribution in [3.05, 3.63) is 106 Å². The topological polar surface area (TPSA) is 69.7 Å². The van der Waals surface area contributed by atoms with Crippen molar-refractivity contribution >= 4 is 34.2 Å². The number of carbonyl (C=O) groups excluding carboxylic acids is 3. The summed E-state index contributed by atoms with van der Waals surface area (Å²) in [7, 11) is 0. The summed E-state index contributed by atoms with van der Waals surface area (Å²) >= 11 is 3.38. The van der Waals surface area contributed by atoms with Crippen LogP contribution in [0.25, 0.3) is 0 Å². The van der Waals surface area contributed by atoms with E-state index in [1.807, 2.05) is 60.7 Å². The number of aldehydes is 1. The van der Waals surface area contributed by atoms with Gasteiger partial charge in [-0.1, -0.05) is 88.7 Å². The third kappa shape index (κ3) is 6.62. The van der Waals surface area contributed by atoms with Gasteiger partial charge >= 0.3 is 11.9 Å². The molecule has 164 valence electrons. The fourth-order valence-electron chi connectivity index (χ4n) is 3.34. The van der Waals surface area contributed by atoms with Crippen LogP contribution in [0.4, 0.5) is 0 Å². The average Bonchev–Trinajstić information content (AvgIpc) is 2.83. The molecule has 0 aliphatic heterocycles. The molecule has 0 N–H and O–H groups in total. The molecule has 3 rings (SSSR count). The number of rotatable bonds is 10. The van der Waals surface area contributed by atoms with E-state index in [0.29, 0.717) is 11.8 Å². The third-order valence-corrected chi connectivity index (χ3v) is 5.54. The Labute approximate surface area is 195 Å². The fraction of sp³-hybridized carbons (Fsp3) is 0.192. The number of halogens is 1. The van der Waals surface area contributed by atoms with E-state index in [4.69, 9.17) is 9.47 Å². The highest BCUT2D eigenvalue weighted by molar-refractivity contribution is 9.10. The van der Waals surface area contributed by atoms with E-state index < -0.39 is 23.8 Å². The minimum atomic E-state index is -1.27. The summed E-state index contributed by atoms with van der Waals surface area (Å²) in [5.41, 5.74) is 2.28. The predicted molar refractivity (Wildman–Crippen MR) is 124 cm³/mol. The molecule has 0 radical (unpaired) electrons. The molecule has 6 heteroatoms. The fourth-order valence-corrected chi connectivity index (χ4v) is 3.60. The Bertz CT molecular complexity index is 964. The van der Waals surface area contributed by atoms with Gasteiger partial charge in [-0.3, -0.25) is 9.59 Å². The van der Waals surface area contributed by atoms with Crippen LogP contribution in [0.3, 0.4) is 0 Å². The minimum Gasteiger partial charge on any atom is -0.460 e. The lowest BCUT2D eigenvalue weighted by Crippen LogP contribution is -2.33. The van der Waals surface area contributed by atoms with Crippen molar-refractivity contribution in [2.24, 2.45) is 5.92 Å². The lowest BCUT2D eigenvalue weighted by molar-refractivity contribution is -0.165. The van der Waals surface area contributed by atoms with Crippen molar-refractivity contribution in [2.45, 2.75) is 25.6 Å². The van der Waals surface area contributed by atoms with Gasteiger partial charge in [0.2, 0.25) is 0 Å². The van der Waals surface area contributed by atoms with Crippen LogP contribution in [-0.4, -0.2) is 18.2 Å². The van der Waals surface area contributed by atoms with Crippen LogP contribution >= 0.6 is 15.9 Å².